The first-order valence-electron chi connectivity index (χ1n) is 8.99. The second-order valence-corrected chi connectivity index (χ2v) is 7.96. The molecule has 5 heteroatoms. The number of hydrogen-bond donors (Lipinski definition) is 0. The Morgan fingerprint density at radius 3 is 2.38 bits per heavy atom. The van der Waals surface area contributed by atoms with Crippen molar-refractivity contribution in [2.24, 2.45) is 0 Å². The Morgan fingerprint density at radius 1 is 0.958 bits per heavy atom. The Morgan fingerprint density at radius 2 is 1.62 bits per heavy atom. The lowest BCUT2D eigenvalue weighted by Gasteiger charge is -2.31. The number of carbonyl (C=O) groups excluding carboxylic acids is 1. The van der Waals surface area contributed by atoms with Gasteiger partial charge < -0.3 is 4.90 Å². The molecule has 0 bridgehead atoms. The number of likely N-dealkylation sites (tertiary alicyclic amines) is 1. The van der Waals surface area contributed by atoms with Gasteiger partial charge in [0.2, 0.25) is 0 Å². The van der Waals surface area contributed by atoms with Gasteiger partial charge in [0, 0.05) is 30.5 Å². The van der Waals surface area contributed by atoms with Crippen molar-refractivity contribution in [3.05, 3.63) is 45.9 Å². The number of nitrogens with zero attached hydrogens (tertiary/aromatic N) is 3. The van der Waals surface area contributed by atoms with E-state index >= 15 is 0 Å². The minimum absolute atomic E-state index is 0.140. The van der Waals surface area contributed by atoms with Gasteiger partial charge in [0.05, 0.1) is 0 Å². The molecule has 1 aliphatic carbocycles. The van der Waals surface area contributed by atoms with Crippen LogP contribution >= 0.6 is 11.3 Å². The lowest BCUT2D eigenvalue weighted by molar-refractivity contribution is 0.0707. The predicted octanol–water partition coefficient (Wildman–Crippen LogP) is 4.22. The van der Waals surface area contributed by atoms with Gasteiger partial charge in [-0.2, -0.15) is 0 Å². The summed E-state index contributed by atoms with van der Waals surface area (Å²) in [6.45, 7) is 1.62. The van der Waals surface area contributed by atoms with E-state index in [0.29, 0.717) is 11.8 Å². The standard InChI is InChI=1S/C19H23N3OS/c23-19(15-9-2-1-3-10-15)22-12-6-11-16(13-22)18-21-20-17(24-18)14-7-4-5-8-14/h1-3,9-10,14,16H,4-8,11-13H2. The van der Waals surface area contributed by atoms with Gasteiger partial charge in [0.15, 0.2) is 0 Å². The van der Waals surface area contributed by atoms with E-state index in [4.69, 9.17) is 0 Å². The van der Waals surface area contributed by atoms with Gasteiger partial charge in [-0.1, -0.05) is 31.0 Å². The van der Waals surface area contributed by atoms with Gasteiger partial charge in [-0.15, -0.1) is 21.5 Å². The molecular weight excluding hydrogens is 318 g/mol. The summed E-state index contributed by atoms with van der Waals surface area (Å²) in [7, 11) is 0. The van der Waals surface area contributed by atoms with Gasteiger partial charge in [-0.25, -0.2) is 0 Å². The third kappa shape index (κ3) is 3.22. The van der Waals surface area contributed by atoms with Crippen LogP contribution in [-0.2, 0) is 0 Å². The van der Waals surface area contributed by atoms with Gasteiger partial charge in [0.1, 0.15) is 10.0 Å². The largest absolute Gasteiger partial charge is 0.338 e. The zero-order valence-electron chi connectivity index (χ0n) is 13.9. The third-order valence-electron chi connectivity index (χ3n) is 5.24. The van der Waals surface area contributed by atoms with Crippen LogP contribution in [0.3, 0.4) is 0 Å². The van der Waals surface area contributed by atoms with Crippen molar-refractivity contribution in [1.29, 1.82) is 0 Å². The van der Waals surface area contributed by atoms with Crippen molar-refractivity contribution in [1.82, 2.24) is 15.1 Å². The molecule has 126 valence electrons. The fourth-order valence-corrected chi connectivity index (χ4v) is 5.01. The van der Waals surface area contributed by atoms with E-state index in [1.165, 1.54) is 30.7 Å². The molecule has 1 saturated carbocycles. The molecule has 24 heavy (non-hydrogen) atoms. The van der Waals surface area contributed by atoms with E-state index in [1.807, 2.05) is 35.2 Å². The highest BCUT2D eigenvalue weighted by Gasteiger charge is 2.29. The lowest BCUT2D eigenvalue weighted by atomic mass is 9.98. The van der Waals surface area contributed by atoms with Crippen LogP contribution in [0.1, 0.15) is 70.7 Å². The van der Waals surface area contributed by atoms with Crippen molar-refractivity contribution in [2.45, 2.75) is 50.4 Å². The first-order chi connectivity index (χ1) is 11.8. The predicted molar refractivity (Wildman–Crippen MR) is 95.4 cm³/mol. The maximum Gasteiger partial charge on any atom is 0.253 e. The van der Waals surface area contributed by atoms with Crippen molar-refractivity contribution in [3.63, 3.8) is 0 Å². The molecule has 2 aliphatic rings. The van der Waals surface area contributed by atoms with Crippen LogP contribution < -0.4 is 0 Å². The molecule has 0 N–H and O–H groups in total. The van der Waals surface area contributed by atoms with Crippen LogP contribution in [-0.4, -0.2) is 34.1 Å². The summed E-state index contributed by atoms with van der Waals surface area (Å²) in [5.41, 5.74) is 0.780. The van der Waals surface area contributed by atoms with Crippen molar-refractivity contribution in [3.8, 4) is 0 Å². The molecular formula is C19H23N3OS. The van der Waals surface area contributed by atoms with Crippen LogP contribution in [0.25, 0.3) is 0 Å². The SMILES string of the molecule is O=C(c1ccccc1)N1CCCC(c2nnc(C3CCCC3)s2)C1. The molecule has 1 aliphatic heterocycles. The zero-order chi connectivity index (χ0) is 16.4. The Kier molecular flexibility index (Phi) is 4.60. The van der Waals surface area contributed by atoms with Crippen LogP contribution in [0, 0.1) is 0 Å². The molecule has 2 fully saturated rings. The first kappa shape index (κ1) is 15.8. The Bertz CT molecular complexity index is 694. The maximum atomic E-state index is 12.7. The quantitative estimate of drug-likeness (QED) is 0.840. The second-order valence-electron chi connectivity index (χ2n) is 6.92. The molecule has 1 unspecified atom stereocenters. The number of amides is 1. The van der Waals surface area contributed by atoms with Gasteiger partial charge >= 0.3 is 0 Å². The summed E-state index contributed by atoms with van der Waals surface area (Å²) in [6, 6.07) is 9.59. The summed E-state index contributed by atoms with van der Waals surface area (Å²) < 4.78 is 0. The Labute approximate surface area is 146 Å². The summed E-state index contributed by atoms with van der Waals surface area (Å²) >= 11 is 1.79. The van der Waals surface area contributed by atoms with Crippen LogP contribution in [0.4, 0.5) is 0 Å². The summed E-state index contributed by atoms with van der Waals surface area (Å²) in [5, 5.41) is 11.3. The zero-order valence-corrected chi connectivity index (χ0v) is 14.7. The summed E-state index contributed by atoms with van der Waals surface area (Å²) in [5.74, 6) is 1.11. The van der Waals surface area contributed by atoms with Gasteiger partial charge in [-0.05, 0) is 37.8 Å². The van der Waals surface area contributed by atoms with E-state index in [2.05, 4.69) is 10.2 Å². The molecule has 1 amide bonds. The molecule has 0 radical (unpaired) electrons. The normalized spacial score (nSPS) is 22.0. The number of piperidine rings is 1. The Hall–Kier alpha value is -1.75. The summed E-state index contributed by atoms with van der Waals surface area (Å²) in [6.07, 6.45) is 7.32. The number of aromatic nitrogens is 2. The summed E-state index contributed by atoms with van der Waals surface area (Å²) in [4.78, 5) is 14.7. The number of hydrogen-bond acceptors (Lipinski definition) is 4. The molecule has 0 spiro atoms. The smallest absolute Gasteiger partial charge is 0.253 e. The van der Waals surface area contributed by atoms with Crippen molar-refractivity contribution < 1.29 is 4.79 Å². The second kappa shape index (κ2) is 7.01. The van der Waals surface area contributed by atoms with Gasteiger partial charge in [0.25, 0.3) is 5.91 Å². The average Bonchev–Trinajstić information content (AvgIpc) is 3.33. The minimum atomic E-state index is 0.140. The fourth-order valence-electron chi connectivity index (χ4n) is 3.88. The highest BCUT2D eigenvalue weighted by molar-refractivity contribution is 7.11. The molecule has 1 atom stereocenters. The van der Waals surface area contributed by atoms with E-state index < -0.39 is 0 Å². The highest BCUT2D eigenvalue weighted by atomic mass is 32.1. The third-order valence-corrected chi connectivity index (χ3v) is 6.49. The van der Waals surface area contributed by atoms with Crippen LogP contribution in [0.2, 0.25) is 0 Å². The molecule has 1 aromatic heterocycles. The monoisotopic (exact) mass is 341 g/mol. The van der Waals surface area contributed by atoms with E-state index in [1.54, 1.807) is 11.3 Å². The van der Waals surface area contributed by atoms with Crippen LogP contribution in [0.5, 0.6) is 0 Å². The number of carbonyl (C=O) groups is 1. The van der Waals surface area contributed by atoms with Gasteiger partial charge in [-0.3, -0.25) is 4.79 Å². The number of benzene rings is 1. The molecule has 2 heterocycles. The van der Waals surface area contributed by atoms with Crippen molar-refractivity contribution in [2.75, 3.05) is 13.1 Å². The molecule has 4 nitrogen and oxygen atoms in total. The fraction of sp³-hybridized carbons (Fsp3) is 0.526. The topological polar surface area (TPSA) is 46.1 Å². The van der Waals surface area contributed by atoms with E-state index in [-0.39, 0.29) is 5.91 Å². The van der Waals surface area contributed by atoms with E-state index in [9.17, 15) is 4.79 Å². The number of rotatable bonds is 3. The molecule has 1 saturated heterocycles. The van der Waals surface area contributed by atoms with Crippen LogP contribution in [0.15, 0.2) is 30.3 Å². The Balaban J connectivity index is 1.46. The minimum Gasteiger partial charge on any atom is -0.338 e. The average molecular weight is 341 g/mol. The molecule has 4 rings (SSSR count). The van der Waals surface area contributed by atoms with Crippen molar-refractivity contribution >= 4 is 17.2 Å². The van der Waals surface area contributed by atoms with E-state index in [0.717, 1.165) is 36.5 Å². The molecule has 1 aromatic carbocycles. The lowest BCUT2D eigenvalue weighted by Crippen LogP contribution is -2.39. The molecule has 2 aromatic rings. The maximum absolute atomic E-state index is 12.7. The first-order valence-corrected chi connectivity index (χ1v) is 9.80. The highest BCUT2D eigenvalue weighted by Crippen LogP contribution is 2.38.